The van der Waals surface area contributed by atoms with Gasteiger partial charge in [0.05, 0.1) is 0 Å². The molecule has 0 aliphatic heterocycles. The lowest BCUT2D eigenvalue weighted by Crippen LogP contribution is -2.25. The van der Waals surface area contributed by atoms with E-state index in [9.17, 15) is 9.59 Å². The highest BCUT2D eigenvalue weighted by atomic mass is 35.5. The fourth-order valence-corrected chi connectivity index (χ4v) is 1.18. The smallest absolute Gasteiger partial charge is 0.251 e. The first-order valence-electron chi connectivity index (χ1n) is 4.63. The molecule has 0 radical (unpaired) electrons. The van der Waals surface area contributed by atoms with Crippen molar-refractivity contribution in [3.63, 3.8) is 0 Å². The Labute approximate surface area is 93.4 Å². The Hall–Kier alpha value is -1.35. The van der Waals surface area contributed by atoms with E-state index in [2.05, 4.69) is 5.32 Å². The summed E-state index contributed by atoms with van der Waals surface area (Å²) in [7, 11) is 0. The molecule has 3 nitrogen and oxygen atoms in total. The molecule has 0 saturated heterocycles. The van der Waals surface area contributed by atoms with E-state index in [1.54, 1.807) is 24.3 Å². The van der Waals surface area contributed by atoms with Crippen molar-refractivity contribution >= 4 is 23.3 Å². The molecular weight excluding hydrogens is 214 g/mol. The number of carbonyl (C=O) groups excluding carboxylic acids is 2. The van der Waals surface area contributed by atoms with Crippen molar-refractivity contribution in [3.8, 4) is 0 Å². The van der Waals surface area contributed by atoms with Crippen molar-refractivity contribution in [1.29, 1.82) is 0 Å². The predicted octanol–water partition coefficient (Wildman–Crippen LogP) is 2.05. The highest BCUT2D eigenvalue weighted by Gasteiger charge is 2.04. The van der Waals surface area contributed by atoms with E-state index < -0.39 is 0 Å². The van der Waals surface area contributed by atoms with Gasteiger partial charge in [-0.25, -0.2) is 0 Å². The summed E-state index contributed by atoms with van der Waals surface area (Å²) in [5, 5.41) is 3.24. The number of hydrogen-bond donors (Lipinski definition) is 1. The van der Waals surface area contributed by atoms with Gasteiger partial charge in [0.2, 0.25) is 0 Å². The number of benzene rings is 1. The molecule has 1 aromatic carbocycles. The van der Waals surface area contributed by atoms with Crippen molar-refractivity contribution in [3.05, 3.63) is 34.9 Å². The summed E-state index contributed by atoms with van der Waals surface area (Å²) in [6.07, 6.45) is 0.360. The third kappa shape index (κ3) is 4.13. The van der Waals surface area contributed by atoms with Crippen LogP contribution in [-0.4, -0.2) is 18.2 Å². The maximum atomic E-state index is 11.5. The molecule has 0 aliphatic carbocycles. The Balaban J connectivity index is 2.47. The minimum atomic E-state index is -0.187. The van der Waals surface area contributed by atoms with Crippen molar-refractivity contribution in [2.24, 2.45) is 0 Å². The molecule has 0 fully saturated rings. The van der Waals surface area contributed by atoms with Crippen LogP contribution in [0.5, 0.6) is 0 Å². The first-order chi connectivity index (χ1) is 7.09. The van der Waals surface area contributed by atoms with E-state index in [1.807, 2.05) is 0 Å². The maximum absolute atomic E-state index is 11.5. The first kappa shape index (κ1) is 11.7. The fraction of sp³-hybridized carbons (Fsp3) is 0.273. The standard InChI is InChI=1S/C11H12ClNO2/c1-8(14)6-7-13-11(15)9-2-4-10(12)5-3-9/h2-5H,6-7H2,1H3,(H,13,15). The third-order valence-corrected chi connectivity index (χ3v) is 2.12. The van der Waals surface area contributed by atoms with E-state index in [0.29, 0.717) is 23.6 Å². The number of amides is 1. The summed E-state index contributed by atoms with van der Waals surface area (Å²) in [4.78, 5) is 22.1. The second-order valence-electron chi connectivity index (χ2n) is 3.21. The van der Waals surface area contributed by atoms with Gasteiger partial charge in [-0.2, -0.15) is 0 Å². The molecule has 0 bridgehead atoms. The van der Waals surface area contributed by atoms with Gasteiger partial charge < -0.3 is 5.32 Å². The molecule has 80 valence electrons. The number of rotatable bonds is 4. The molecule has 0 saturated carbocycles. The molecule has 0 aliphatic rings. The second kappa shape index (κ2) is 5.51. The van der Waals surface area contributed by atoms with Crippen LogP contribution in [0.25, 0.3) is 0 Å². The lowest BCUT2D eigenvalue weighted by atomic mass is 10.2. The molecule has 15 heavy (non-hydrogen) atoms. The van der Waals surface area contributed by atoms with Crippen LogP contribution in [0.15, 0.2) is 24.3 Å². The quantitative estimate of drug-likeness (QED) is 0.853. The number of ketones is 1. The molecule has 0 heterocycles. The normalized spacial score (nSPS) is 9.73. The van der Waals surface area contributed by atoms with Crippen LogP contribution in [0.2, 0.25) is 5.02 Å². The topological polar surface area (TPSA) is 46.2 Å². The second-order valence-corrected chi connectivity index (χ2v) is 3.65. The molecule has 1 amide bonds. The monoisotopic (exact) mass is 225 g/mol. The Morgan fingerprint density at radius 2 is 1.87 bits per heavy atom. The summed E-state index contributed by atoms with van der Waals surface area (Å²) in [6, 6.07) is 6.60. The van der Waals surface area contributed by atoms with Crippen molar-refractivity contribution in [1.82, 2.24) is 5.32 Å². The van der Waals surface area contributed by atoms with Crippen LogP contribution >= 0.6 is 11.6 Å². The van der Waals surface area contributed by atoms with Crippen molar-refractivity contribution in [2.75, 3.05) is 6.54 Å². The lowest BCUT2D eigenvalue weighted by molar-refractivity contribution is -0.116. The van der Waals surface area contributed by atoms with E-state index >= 15 is 0 Å². The Bertz CT molecular complexity index is 359. The molecule has 1 N–H and O–H groups in total. The summed E-state index contributed by atoms with van der Waals surface area (Å²) in [5.41, 5.74) is 0.544. The molecule has 4 heteroatoms. The van der Waals surface area contributed by atoms with Gasteiger partial charge in [0, 0.05) is 23.6 Å². The first-order valence-corrected chi connectivity index (χ1v) is 5.00. The third-order valence-electron chi connectivity index (χ3n) is 1.87. The Kier molecular flexibility index (Phi) is 4.31. The number of hydrogen-bond acceptors (Lipinski definition) is 2. The van der Waals surface area contributed by atoms with Gasteiger partial charge in [-0.15, -0.1) is 0 Å². The van der Waals surface area contributed by atoms with Crippen LogP contribution < -0.4 is 5.32 Å². The molecular formula is C11H12ClNO2. The fourth-order valence-electron chi connectivity index (χ4n) is 1.06. The highest BCUT2D eigenvalue weighted by Crippen LogP contribution is 2.09. The lowest BCUT2D eigenvalue weighted by Gasteiger charge is -2.03. The van der Waals surface area contributed by atoms with Gasteiger partial charge in [0.25, 0.3) is 5.91 Å². The van der Waals surface area contributed by atoms with Gasteiger partial charge in [-0.3, -0.25) is 9.59 Å². The number of nitrogens with one attached hydrogen (secondary N) is 1. The maximum Gasteiger partial charge on any atom is 0.251 e. The summed E-state index contributed by atoms with van der Waals surface area (Å²) >= 11 is 5.69. The largest absolute Gasteiger partial charge is 0.352 e. The van der Waals surface area contributed by atoms with E-state index in [4.69, 9.17) is 11.6 Å². The molecule has 0 spiro atoms. The molecule has 0 aromatic heterocycles. The van der Waals surface area contributed by atoms with Crippen LogP contribution in [0.1, 0.15) is 23.7 Å². The van der Waals surface area contributed by atoms with Gasteiger partial charge in [-0.05, 0) is 31.2 Å². The minimum Gasteiger partial charge on any atom is -0.352 e. The van der Waals surface area contributed by atoms with E-state index in [-0.39, 0.29) is 11.7 Å². The Morgan fingerprint density at radius 3 is 2.40 bits per heavy atom. The molecule has 1 aromatic rings. The zero-order valence-corrected chi connectivity index (χ0v) is 9.17. The van der Waals surface area contributed by atoms with Crippen molar-refractivity contribution in [2.45, 2.75) is 13.3 Å². The highest BCUT2D eigenvalue weighted by molar-refractivity contribution is 6.30. The number of carbonyl (C=O) groups is 2. The van der Waals surface area contributed by atoms with E-state index in [0.717, 1.165) is 0 Å². The number of Topliss-reactive ketones (excluding diaryl/α,β-unsaturated/α-hetero) is 1. The van der Waals surface area contributed by atoms with Gasteiger partial charge >= 0.3 is 0 Å². The van der Waals surface area contributed by atoms with Crippen molar-refractivity contribution < 1.29 is 9.59 Å². The average Bonchev–Trinajstić information content (AvgIpc) is 2.18. The van der Waals surface area contributed by atoms with Crippen LogP contribution in [0.4, 0.5) is 0 Å². The van der Waals surface area contributed by atoms with Gasteiger partial charge in [-0.1, -0.05) is 11.6 Å². The molecule has 0 atom stereocenters. The SMILES string of the molecule is CC(=O)CCNC(=O)c1ccc(Cl)cc1. The van der Waals surface area contributed by atoms with Crippen LogP contribution in [-0.2, 0) is 4.79 Å². The predicted molar refractivity (Wildman–Crippen MR) is 59.1 cm³/mol. The zero-order chi connectivity index (χ0) is 11.3. The van der Waals surface area contributed by atoms with E-state index in [1.165, 1.54) is 6.92 Å². The Morgan fingerprint density at radius 1 is 1.27 bits per heavy atom. The van der Waals surface area contributed by atoms with Gasteiger partial charge in [0.15, 0.2) is 0 Å². The summed E-state index contributed by atoms with van der Waals surface area (Å²) in [6.45, 7) is 1.87. The summed E-state index contributed by atoms with van der Waals surface area (Å²) < 4.78 is 0. The minimum absolute atomic E-state index is 0.0615. The van der Waals surface area contributed by atoms with Crippen LogP contribution in [0.3, 0.4) is 0 Å². The number of halogens is 1. The average molecular weight is 226 g/mol. The molecule has 0 unspecified atom stereocenters. The summed E-state index contributed by atoms with van der Waals surface area (Å²) in [5.74, 6) is -0.126. The molecule has 1 rings (SSSR count). The van der Waals surface area contributed by atoms with Gasteiger partial charge in [0.1, 0.15) is 5.78 Å². The zero-order valence-electron chi connectivity index (χ0n) is 8.42. The van der Waals surface area contributed by atoms with Crippen LogP contribution in [0, 0.1) is 0 Å².